The minimum absolute atomic E-state index is 0.136. The van der Waals surface area contributed by atoms with Crippen molar-refractivity contribution in [3.8, 4) is 16.9 Å². The van der Waals surface area contributed by atoms with Gasteiger partial charge in [0.05, 0.1) is 18.0 Å². The van der Waals surface area contributed by atoms with Crippen LogP contribution in [-0.4, -0.2) is 22.2 Å². The Bertz CT molecular complexity index is 1120. The van der Waals surface area contributed by atoms with E-state index in [2.05, 4.69) is 9.97 Å². The van der Waals surface area contributed by atoms with Crippen molar-refractivity contribution in [3.05, 3.63) is 75.9 Å². The van der Waals surface area contributed by atoms with Gasteiger partial charge in [0.15, 0.2) is 5.75 Å². The molecule has 1 aliphatic heterocycles. The highest BCUT2D eigenvalue weighted by Gasteiger charge is 2.17. The van der Waals surface area contributed by atoms with Gasteiger partial charge in [-0.05, 0) is 23.8 Å². The molecule has 0 atom stereocenters. The van der Waals surface area contributed by atoms with Crippen molar-refractivity contribution in [1.29, 1.82) is 0 Å². The molecule has 0 spiro atoms. The Morgan fingerprint density at radius 3 is 2.71 bits per heavy atom. The largest absolute Gasteiger partial charge is 0.505 e. The molecule has 0 saturated heterocycles. The Hall–Kier alpha value is -3.34. The van der Waals surface area contributed by atoms with E-state index < -0.39 is 0 Å². The van der Waals surface area contributed by atoms with Gasteiger partial charge >= 0.3 is 0 Å². The molecule has 0 unspecified atom stereocenters. The van der Waals surface area contributed by atoms with E-state index in [1.54, 1.807) is 24.4 Å². The molecule has 2 aliphatic rings. The number of methoxy groups -OCH3 is 1. The molecule has 2 aromatic rings. The standard InChI is InChI=1S/C19H14N2O3/c1-24-15-10-12-9-14(18(22)11-5-3-2-4-6-11)21-13-7-8-20-17(16(12)13)19(15)23/h2-10,21-22H,1H3. The van der Waals surface area contributed by atoms with Crippen LogP contribution in [0.25, 0.3) is 27.9 Å². The molecule has 24 heavy (non-hydrogen) atoms. The quantitative estimate of drug-likeness (QED) is 0.595. The van der Waals surface area contributed by atoms with Crippen LogP contribution in [0.2, 0.25) is 0 Å². The average Bonchev–Trinajstić information content (AvgIpc) is 2.64. The summed E-state index contributed by atoms with van der Waals surface area (Å²) in [4.78, 5) is 19.7. The maximum Gasteiger partial charge on any atom is 0.246 e. The Balaban J connectivity index is 2.14. The molecule has 2 heterocycles. The minimum atomic E-state index is -0.243. The molecule has 2 N–H and O–H groups in total. The number of hydrogen-bond donors (Lipinski definition) is 2. The number of aliphatic hydroxyl groups excluding tert-OH is 1. The maximum atomic E-state index is 12.4. The number of rotatable bonds is 2. The van der Waals surface area contributed by atoms with Gasteiger partial charge in [-0.15, -0.1) is 0 Å². The molecular formula is C19H14N2O3. The summed E-state index contributed by atoms with van der Waals surface area (Å²) in [5, 5.41) is 11.1. The number of aliphatic hydroxyl groups is 1. The van der Waals surface area contributed by atoms with E-state index in [1.807, 2.05) is 30.3 Å². The second kappa shape index (κ2) is 5.38. The fourth-order valence-corrected chi connectivity index (χ4v) is 2.91. The average molecular weight is 318 g/mol. The first-order chi connectivity index (χ1) is 11.7. The number of nitrogens with one attached hydrogen (secondary N) is 1. The van der Waals surface area contributed by atoms with E-state index in [0.717, 1.165) is 16.6 Å². The molecule has 0 bridgehead atoms. The lowest BCUT2D eigenvalue weighted by molar-refractivity contribution is 0.411. The first-order valence-corrected chi connectivity index (χ1v) is 7.46. The number of hydrogen-bond acceptors (Lipinski definition) is 4. The van der Waals surface area contributed by atoms with Crippen LogP contribution in [0, 0.1) is 0 Å². The van der Waals surface area contributed by atoms with Crippen LogP contribution in [0.1, 0.15) is 5.56 Å². The van der Waals surface area contributed by atoms with E-state index >= 15 is 0 Å². The van der Waals surface area contributed by atoms with Crippen LogP contribution >= 0.6 is 0 Å². The van der Waals surface area contributed by atoms with Gasteiger partial charge < -0.3 is 14.8 Å². The van der Waals surface area contributed by atoms with Crippen LogP contribution in [0.5, 0.6) is 5.75 Å². The number of pyridine rings is 2. The van der Waals surface area contributed by atoms with Gasteiger partial charge in [-0.25, -0.2) is 0 Å². The van der Waals surface area contributed by atoms with Crippen molar-refractivity contribution in [2.75, 3.05) is 7.11 Å². The number of H-pyrrole nitrogens is 1. The van der Waals surface area contributed by atoms with Gasteiger partial charge in [0, 0.05) is 17.3 Å². The van der Waals surface area contributed by atoms with Gasteiger partial charge in [0.2, 0.25) is 5.43 Å². The summed E-state index contributed by atoms with van der Waals surface area (Å²) in [5.74, 6) is 0.371. The first kappa shape index (κ1) is 14.3. The molecule has 0 saturated carbocycles. The Labute approximate surface area is 137 Å². The van der Waals surface area contributed by atoms with E-state index in [9.17, 15) is 9.90 Å². The van der Waals surface area contributed by atoms with E-state index in [1.165, 1.54) is 7.11 Å². The molecule has 0 amide bonds. The van der Waals surface area contributed by atoms with Gasteiger partial charge in [-0.1, -0.05) is 30.3 Å². The second-order valence-corrected chi connectivity index (χ2v) is 5.48. The van der Waals surface area contributed by atoms with Crippen molar-refractivity contribution in [1.82, 2.24) is 9.97 Å². The third-order valence-electron chi connectivity index (χ3n) is 4.06. The highest BCUT2D eigenvalue weighted by atomic mass is 16.5. The van der Waals surface area contributed by atoms with Gasteiger partial charge in [-0.2, -0.15) is 0 Å². The van der Waals surface area contributed by atoms with Crippen LogP contribution in [-0.2, 0) is 0 Å². The number of aromatic amines is 1. The fraction of sp³-hybridized carbons (Fsp3) is 0.0526. The SMILES string of the molecule is COc1cc2cc(=C(O)c3ccccc3)[nH]c3ccnc(c3-2)c1=O. The van der Waals surface area contributed by atoms with Crippen molar-refractivity contribution in [3.63, 3.8) is 0 Å². The predicted octanol–water partition coefficient (Wildman–Crippen LogP) is 2.47. The number of aromatic nitrogens is 2. The van der Waals surface area contributed by atoms with E-state index in [-0.39, 0.29) is 16.9 Å². The summed E-state index contributed by atoms with van der Waals surface area (Å²) in [6, 6.07) is 14.5. The van der Waals surface area contributed by atoms with Crippen molar-refractivity contribution < 1.29 is 9.84 Å². The van der Waals surface area contributed by atoms with Gasteiger partial charge in [0.25, 0.3) is 0 Å². The van der Waals surface area contributed by atoms with Crippen molar-refractivity contribution in [2.24, 2.45) is 0 Å². The molecule has 1 aromatic carbocycles. The molecule has 5 heteroatoms. The van der Waals surface area contributed by atoms with Crippen LogP contribution in [0.4, 0.5) is 0 Å². The van der Waals surface area contributed by atoms with Crippen LogP contribution in [0.15, 0.2) is 59.5 Å². The summed E-state index contributed by atoms with van der Waals surface area (Å²) in [6.45, 7) is 0. The molecule has 0 fully saturated rings. The summed E-state index contributed by atoms with van der Waals surface area (Å²) in [7, 11) is 1.46. The fourth-order valence-electron chi connectivity index (χ4n) is 2.91. The highest BCUT2D eigenvalue weighted by molar-refractivity contribution is 5.94. The number of nitrogens with zero attached hydrogens (tertiary/aromatic N) is 1. The summed E-state index contributed by atoms with van der Waals surface area (Å²) in [5.41, 5.74) is 3.05. The zero-order chi connectivity index (χ0) is 16.7. The smallest absolute Gasteiger partial charge is 0.246 e. The Morgan fingerprint density at radius 2 is 1.96 bits per heavy atom. The van der Waals surface area contributed by atoms with Gasteiger partial charge in [-0.3, -0.25) is 9.78 Å². The topological polar surface area (TPSA) is 75.2 Å². The van der Waals surface area contributed by atoms with Crippen LogP contribution in [0.3, 0.4) is 0 Å². The molecule has 1 aromatic heterocycles. The lowest BCUT2D eigenvalue weighted by Gasteiger charge is -2.13. The third-order valence-corrected chi connectivity index (χ3v) is 4.06. The molecular weight excluding hydrogens is 304 g/mol. The highest BCUT2D eigenvalue weighted by Crippen LogP contribution is 2.29. The normalized spacial score (nSPS) is 12.5. The maximum absolute atomic E-state index is 12.4. The zero-order valence-electron chi connectivity index (χ0n) is 12.9. The second-order valence-electron chi connectivity index (χ2n) is 5.48. The number of ether oxygens (including phenoxy) is 1. The molecule has 118 valence electrons. The molecule has 1 aliphatic carbocycles. The minimum Gasteiger partial charge on any atom is -0.505 e. The monoisotopic (exact) mass is 318 g/mol. The molecule has 4 rings (SSSR count). The van der Waals surface area contributed by atoms with Gasteiger partial charge in [0.1, 0.15) is 11.3 Å². The van der Waals surface area contributed by atoms with E-state index in [4.69, 9.17) is 4.74 Å². The van der Waals surface area contributed by atoms with Crippen molar-refractivity contribution >= 4 is 16.8 Å². The van der Waals surface area contributed by atoms with E-state index in [0.29, 0.717) is 16.4 Å². The third kappa shape index (κ3) is 2.10. The van der Waals surface area contributed by atoms with Crippen molar-refractivity contribution in [2.45, 2.75) is 0 Å². The van der Waals surface area contributed by atoms with Crippen LogP contribution < -0.4 is 15.5 Å². The summed E-state index contributed by atoms with van der Waals surface area (Å²) in [6.07, 6.45) is 1.57. The predicted molar refractivity (Wildman–Crippen MR) is 92.3 cm³/mol. The lowest BCUT2D eigenvalue weighted by atomic mass is 10.00. The molecule has 0 radical (unpaired) electrons. The zero-order valence-corrected chi connectivity index (χ0v) is 12.9. The first-order valence-electron chi connectivity index (χ1n) is 7.46. The Morgan fingerprint density at radius 1 is 1.17 bits per heavy atom. The lowest BCUT2D eigenvalue weighted by Crippen LogP contribution is -2.17. The summed E-state index contributed by atoms with van der Waals surface area (Å²) < 4.78 is 5.17. The summed E-state index contributed by atoms with van der Waals surface area (Å²) >= 11 is 0. The number of benzene rings is 2. The molecule has 5 nitrogen and oxygen atoms in total. The Kier molecular flexibility index (Phi) is 3.20.